The van der Waals surface area contributed by atoms with Crippen molar-refractivity contribution in [3.8, 4) is 0 Å². The van der Waals surface area contributed by atoms with E-state index in [1.807, 2.05) is 18.5 Å². The van der Waals surface area contributed by atoms with Crippen LogP contribution in [0.5, 0.6) is 0 Å². The molecule has 1 aliphatic carbocycles. The summed E-state index contributed by atoms with van der Waals surface area (Å²) in [5.74, 6) is 0. The van der Waals surface area contributed by atoms with E-state index in [9.17, 15) is 0 Å². The Kier molecular flexibility index (Phi) is 3.94. The molecule has 0 aromatic heterocycles. The largest absolute Gasteiger partial charge is 0.412 e. The average molecular weight is 196 g/mol. The highest BCUT2D eigenvalue weighted by atomic mass is 28.4. The van der Waals surface area contributed by atoms with Gasteiger partial charge in [0.05, 0.1) is 0 Å². The summed E-state index contributed by atoms with van der Waals surface area (Å²) in [6, 6.07) is 0. The molecular formula is C11H20OSi. The van der Waals surface area contributed by atoms with Crippen LogP contribution in [-0.2, 0) is 4.43 Å². The highest BCUT2D eigenvalue weighted by Gasteiger charge is 2.37. The van der Waals surface area contributed by atoms with Gasteiger partial charge in [0, 0.05) is 7.11 Å². The van der Waals surface area contributed by atoms with Crippen LogP contribution in [0.1, 0.15) is 32.1 Å². The van der Waals surface area contributed by atoms with E-state index in [4.69, 9.17) is 4.43 Å². The quantitative estimate of drug-likeness (QED) is 0.626. The molecule has 0 atom stereocenters. The maximum absolute atomic E-state index is 5.68. The lowest BCUT2D eigenvalue weighted by Gasteiger charge is -2.34. The first kappa shape index (κ1) is 10.7. The van der Waals surface area contributed by atoms with Crippen LogP contribution in [0.25, 0.3) is 0 Å². The smallest absolute Gasteiger partial charge is 0.242 e. The van der Waals surface area contributed by atoms with Crippen LogP contribution >= 0.6 is 0 Å². The predicted molar refractivity (Wildman–Crippen MR) is 60.0 cm³/mol. The molecule has 0 spiro atoms. The zero-order valence-corrected chi connectivity index (χ0v) is 9.59. The van der Waals surface area contributed by atoms with Crippen LogP contribution in [0.15, 0.2) is 24.6 Å². The summed E-state index contributed by atoms with van der Waals surface area (Å²) in [5, 5.41) is 0. The van der Waals surface area contributed by atoms with Crippen molar-refractivity contribution in [2.75, 3.05) is 7.11 Å². The summed E-state index contributed by atoms with van der Waals surface area (Å²) in [4.78, 5) is 0. The second-order valence-electron chi connectivity index (χ2n) is 3.80. The first-order valence-corrected chi connectivity index (χ1v) is 7.25. The molecular weight excluding hydrogens is 176 g/mol. The minimum atomic E-state index is -1.79. The molecule has 0 unspecified atom stereocenters. The first-order chi connectivity index (χ1) is 6.29. The van der Waals surface area contributed by atoms with E-state index in [1.165, 1.54) is 32.1 Å². The molecule has 1 nitrogen and oxygen atoms in total. The van der Waals surface area contributed by atoms with E-state index in [-0.39, 0.29) is 0 Å². The van der Waals surface area contributed by atoms with Gasteiger partial charge in [0.1, 0.15) is 0 Å². The molecule has 0 heterocycles. The van der Waals surface area contributed by atoms with Crippen molar-refractivity contribution in [1.82, 2.24) is 0 Å². The molecule has 1 rings (SSSR count). The van der Waals surface area contributed by atoms with E-state index in [2.05, 4.69) is 13.2 Å². The minimum absolute atomic E-state index is 0.723. The lowest BCUT2D eigenvalue weighted by molar-refractivity contribution is 0.373. The number of rotatable bonds is 4. The fraction of sp³-hybridized carbons (Fsp3) is 0.636. The van der Waals surface area contributed by atoms with Gasteiger partial charge in [-0.15, -0.1) is 13.2 Å². The van der Waals surface area contributed by atoms with Crippen LogP contribution in [0.4, 0.5) is 0 Å². The Morgan fingerprint density at radius 1 is 1.15 bits per heavy atom. The Labute approximate surface area is 82.6 Å². The highest BCUT2D eigenvalue weighted by molar-refractivity contribution is 6.84. The highest BCUT2D eigenvalue weighted by Crippen LogP contribution is 2.38. The van der Waals surface area contributed by atoms with Gasteiger partial charge in [0.25, 0.3) is 0 Å². The molecule has 1 fully saturated rings. The van der Waals surface area contributed by atoms with Gasteiger partial charge < -0.3 is 4.43 Å². The zero-order valence-electron chi connectivity index (χ0n) is 8.59. The Bertz CT molecular complexity index is 175. The van der Waals surface area contributed by atoms with Crippen LogP contribution in [0.2, 0.25) is 5.54 Å². The van der Waals surface area contributed by atoms with E-state index in [0.29, 0.717) is 0 Å². The molecule has 74 valence electrons. The van der Waals surface area contributed by atoms with E-state index < -0.39 is 8.32 Å². The third-order valence-corrected chi connectivity index (χ3v) is 7.07. The lowest BCUT2D eigenvalue weighted by atomic mass is 10.0. The fourth-order valence-corrected chi connectivity index (χ4v) is 5.11. The summed E-state index contributed by atoms with van der Waals surface area (Å²) >= 11 is 0. The second-order valence-corrected chi connectivity index (χ2v) is 7.55. The Balaban J connectivity index is 2.72. The van der Waals surface area contributed by atoms with Gasteiger partial charge in [0.2, 0.25) is 8.32 Å². The molecule has 0 radical (unpaired) electrons. The van der Waals surface area contributed by atoms with E-state index >= 15 is 0 Å². The molecule has 0 N–H and O–H groups in total. The molecule has 0 aromatic carbocycles. The Morgan fingerprint density at radius 3 is 2.08 bits per heavy atom. The maximum atomic E-state index is 5.68. The maximum Gasteiger partial charge on any atom is 0.242 e. The van der Waals surface area contributed by atoms with E-state index in [0.717, 1.165) is 5.54 Å². The molecule has 0 amide bonds. The van der Waals surface area contributed by atoms with Crippen LogP contribution in [-0.4, -0.2) is 15.4 Å². The van der Waals surface area contributed by atoms with Crippen molar-refractivity contribution in [2.45, 2.75) is 37.6 Å². The van der Waals surface area contributed by atoms with Crippen LogP contribution in [0.3, 0.4) is 0 Å². The van der Waals surface area contributed by atoms with Crippen molar-refractivity contribution in [3.63, 3.8) is 0 Å². The van der Waals surface area contributed by atoms with Crippen molar-refractivity contribution in [2.24, 2.45) is 0 Å². The van der Waals surface area contributed by atoms with Gasteiger partial charge in [-0.25, -0.2) is 0 Å². The van der Waals surface area contributed by atoms with Gasteiger partial charge in [0.15, 0.2) is 0 Å². The summed E-state index contributed by atoms with van der Waals surface area (Å²) < 4.78 is 5.68. The van der Waals surface area contributed by atoms with Gasteiger partial charge in [-0.2, -0.15) is 0 Å². The standard InChI is InChI=1S/C11H20OSi/c1-4-13(5-2,12-3)11-9-7-6-8-10-11/h4-5,11H,1-2,6-10H2,3H3. The second kappa shape index (κ2) is 4.77. The van der Waals surface area contributed by atoms with Crippen molar-refractivity contribution >= 4 is 8.32 Å². The van der Waals surface area contributed by atoms with Gasteiger partial charge in [-0.05, 0) is 5.54 Å². The average Bonchev–Trinajstić information content (AvgIpc) is 2.23. The normalized spacial score (nSPS) is 19.8. The van der Waals surface area contributed by atoms with Gasteiger partial charge >= 0.3 is 0 Å². The Hall–Kier alpha value is -0.343. The van der Waals surface area contributed by atoms with Crippen LogP contribution < -0.4 is 0 Å². The summed E-state index contributed by atoms with van der Waals surface area (Å²) in [6.45, 7) is 7.83. The minimum Gasteiger partial charge on any atom is -0.412 e. The molecule has 1 saturated carbocycles. The molecule has 13 heavy (non-hydrogen) atoms. The fourth-order valence-electron chi connectivity index (χ4n) is 2.30. The predicted octanol–water partition coefficient (Wildman–Crippen LogP) is 3.36. The molecule has 2 heteroatoms. The van der Waals surface area contributed by atoms with Gasteiger partial charge in [-0.1, -0.05) is 43.5 Å². The zero-order chi connectivity index (χ0) is 9.73. The van der Waals surface area contributed by atoms with Crippen molar-refractivity contribution in [1.29, 1.82) is 0 Å². The number of hydrogen-bond acceptors (Lipinski definition) is 1. The molecule has 0 aromatic rings. The van der Waals surface area contributed by atoms with E-state index in [1.54, 1.807) is 0 Å². The molecule has 0 aliphatic heterocycles. The van der Waals surface area contributed by atoms with Crippen LogP contribution in [0, 0.1) is 0 Å². The lowest BCUT2D eigenvalue weighted by Crippen LogP contribution is -2.39. The van der Waals surface area contributed by atoms with Crippen molar-refractivity contribution < 1.29 is 4.43 Å². The summed E-state index contributed by atoms with van der Waals surface area (Å²) in [6.07, 6.45) is 6.70. The van der Waals surface area contributed by atoms with Gasteiger partial charge in [-0.3, -0.25) is 0 Å². The molecule has 0 bridgehead atoms. The molecule has 0 saturated heterocycles. The van der Waals surface area contributed by atoms with Crippen molar-refractivity contribution in [3.05, 3.63) is 24.6 Å². The third kappa shape index (κ3) is 2.12. The topological polar surface area (TPSA) is 9.23 Å². The Morgan fingerprint density at radius 2 is 1.69 bits per heavy atom. The monoisotopic (exact) mass is 196 g/mol. The summed E-state index contributed by atoms with van der Waals surface area (Å²) in [5.41, 5.74) is 4.80. The molecule has 1 aliphatic rings. The first-order valence-electron chi connectivity index (χ1n) is 5.11. The third-order valence-electron chi connectivity index (χ3n) is 3.23. The summed E-state index contributed by atoms with van der Waals surface area (Å²) in [7, 11) is 0.0209. The number of hydrogen-bond donors (Lipinski definition) is 0. The SMILES string of the molecule is C=C[Si](C=C)(OC)C1CCCCC1.